The second-order valence-electron chi connectivity index (χ2n) is 9.22. The van der Waals surface area contributed by atoms with E-state index in [9.17, 15) is 0 Å². The predicted molar refractivity (Wildman–Crippen MR) is 144 cm³/mol. The molecule has 0 saturated heterocycles. The predicted octanol–water partition coefficient (Wildman–Crippen LogP) is 5.49. The molecule has 0 N–H and O–H groups in total. The largest absolute Gasteiger partial charge is 0.497 e. The Balaban J connectivity index is 1.33. The van der Waals surface area contributed by atoms with E-state index in [-0.39, 0.29) is 12.5 Å². The Hall–Kier alpha value is -5.18. The van der Waals surface area contributed by atoms with Crippen LogP contribution in [0.5, 0.6) is 23.3 Å². The number of rotatable bonds is 6. The number of aryl methyl sites for hydroxylation is 1. The molecule has 6 aromatic rings. The lowest BCUT2D eigenvalue weighted by molar-refractivity contribution is 0.295. The molecule has 0 saturated carbocycles. The number of methoxy groups -OCH3 is 1. The molecule has 3 aromatic heterocycles. The molecule has 1 aliphatic rings. The van der Waals surface area contributed by atoms with Crippen molar-refractivity contribution in [1.82, 2.24) is 29.4 Å². The van der Waals surface area contributed by atoms with E-state index in [2.05, 4.69) is 22.2 Å². The number of para-hydroxylation sites is 1. The highest BCUT2D eigenvalue weighted by Crippen LogP contribution is 2.49. The Labute approximate surface area is 224 Å². The number of hydrogen-bond donors (Lipinski definition) is 0. The summed E-state index contributed by atoms with van der Waals surface area (Å²) < 4.78 is 21.2. The molecule has 39 heavy (non-hydrogen) atoms. The third kappa shape index (κ3) is 3.95. The molecule has 4 heterocycles. The van der Waals surface area contributed by atoms with Gasteiger partial charge in [-0.15, -0.1) is 5.10 Å². The summed E-state index contributed by atoms with van der Waals surface area (Å²) in [6, 6.07) is 27.7. The first-order valence-electron chi connectivity index (χ1n) is 12.6. The Bertz CT molecular complexity index is 1780. The van der Waals surface area contributed by atoms with Crippen LogP contribution in [0.4, 0.5) is 0 Å². The molecule has 0 radical (unpaired) electrons. The highest BCUT2D eigenvalue weighted by molar-refractivity contribution is 5.66. The fourth-order valence-corrected chi connectivity index (χ4v) is 5.03. The van der Waals surface area contributed by atoms with Gasteiger partial charge in [0.2, 0.25) is 11.8 Å². The van der Waals surface area contributed by atoms with Crippen LogP contribution in [0, 0.1) is 6.92 Å². The number of ether oxygens (including phenoxy) is 3. The van der Waals surface area contributed by atoms with Crippen LogP contribution in [0.3, 0.4) is 0 Å². The zero-order valence-corrected chi connectivity index (χ0v) is 21.4. The molecule has 0 fully saturated rings. The monoisotopic (exact) mass is 516 g/mol. The maximum atomic E-state index is 6.47. The highest BCUT2D eigenvalue weighted by Gasteiger charge is 2.38. The average molecular weight is 517 g/mol. The van der Waals surface area contributed by atoms with E-state index < -0.39 is 0 Å². The van der Waals surface area contributed by atoms with Crippen molar-refractivity contribution in [3.63, 3.8) is 0 Å². The molecule has 0 unspecified atom stereocenters. The third-order valence-corrected chi connectivity index (χ3v) is 6.83. The van der Waals surface area contributed by atoms with Crippen molar-refractivity contribution in [2.24, 2.45) is 0 Å². The van der Waals surface area contributed by atoms with Gasteiger partial charge in [0, 0.05) is 0 Å². The zero-order chi connectivity index (χ0) is 26.3. The minimum Gasteiger partial charge on any atom is -0.497 e. The van der Waals surface area contributed by atoms with Gasteiger partial charge < -0.3 is 14.2 Å². The summed E-state index contributed by atoms with van der Waals surface area (Å²) >= 11 is 0. The van der Waals surface area contributed by atoms with Crippen LogP contribution in [0.1, 0.15) is 34.1 Å². The van der Waals surface area contributed by atoms with Crippen LogP contribution >= 0.6 is 0 Å². The van der Waals surface area contributed by atoms with E-state index in [1.54, 1.807) is 18.0 Å². The summed E-state index contributed by atoms with van der Waals surface area (Å²) in [6.45, 7) is 2.21. The SMILES string of the molecule is COc1ccc(OCc2nc3c4c(ncn3n2)Oc2c(c(C)nn2-c2ccccc2)[C@H]4c2ccccc2)cc1. The second kappa shape index (κ2) is 9.29. The molecule has 192 valence electrons. The van der Waals surface area contributed by atoms with Gasteiger partial charge in [0.05, 0.1) is 35.5 Å². The van der Waals surface area contributed by atoms with Gasteiger partial charge in [-0.25, -0.2) is 19.2 Å². The van der Waals surface area contributed by atoms with Gasteiger partial charge in [-0.2, -0.15) is 5.10 Å². The lowest BCUT2D eigenvalue weighted by atomic mass is 9.84. The summed E-state index contributed by atoms with van der Waals surface area (Å²) in [7, 11) is 1.63. The second-order valence-corrected chi connectivity index (χ2v) is 9.22. The molecule has 0 spiro atoms. The fourth-order valence-electron chi connectivity index (χ4n) is 5.03. The first-order chi connectivity index (χ1) is 19.2. The average Bonchev–Trinajstić information content (AvgIpc) is 3.56. The summed E-state index contributed by atoms with van der Waals surface area (Å²) in [6.07, 6.45) is 1.63. The Kier molecular flexibility index (Phi) is 5.47. The molecular formula is C30H24N6O3. The maximum Gasteiger partial charge on any atom is 0.230 e. The van der Waals surface area contributed by atoms with E-state index in [4.69, 9.17) is 24.3 Å². The van der Waals surface area contributed by atoms with Crippen molar-refractivity contribution in [3.8, 4) is 28.9 Å². The minimum absolute atomic E-state index is 0.196. The number of benzene rings is 3. The standard InChI is InChI=1S/C30H24N6O3/c1-19-25-26(20-9-5-3-6-10-20)27-28-32-24(17-38-23-15-13-22(37-2)14-16-23)34-35(28)18-31-29(27)39-30(25)36(33-19)21-11-7-4-8-12-21/h3-16,18,26H,17H2,1-2H3/t26-/m1/s1. The number of hydrogen-bond acceptors (Lipinski definition) is 7. The van der Waals surface area contributed by atoms with Crippen molar-refractivity contribution < 1.29 is 14.2 Å². The third-order valence-electron chi connectivity index (χ3n) is 6.83. The summed E-state index contributed by atoms with van der Waals surface area (Å²) in [5.74, 6) is 2.95. The number of fused-ring (bicyclic) bond motifs is 4. The van der Waals surface area contributed by atoms with Gasteiger partial charge in [-0.05, 0) is 48.9 Å². The molecule has 3 aromatic carbocycles. The summed E-state index contributed by atoms with van der Waals surface area (Å²) in [5, 5.41) is 9.52. The first-order valence-corrected chi connectivity index (χ1v) is 12.6. The van der Waals surface area contributed by atoms with Crippen molar-refractivity contribution in [2.45, 2.75) is 19.4 Å². The lowest BCUT2D eigenvalue weighted by Crippen LogP contribution is -2.16. The van der Waals surface area contributed by atoms with Crippen molar-refractivity contribution in [2.75, 3.05) is 7.11 Å². The minimum atomic E-state index is -0.196. The van der Waals surface area contributed by atoms with Crippen molar-refractivity contribution in [1.29, 1.82) is 0 Å². The maximum absolute atomic E-state index is 6.47. The van der Waals surface area contributed by atoms with Gasteiger partial charge in [0.25, 0.3) is 0 Å². The van der Waals surface area contributed by atoms with Crippen LogP contribution < -0.4 is 14.2 Å². The summed E-state index contributed by atoms with van der Waals surface area (Å²) in [4.78, 5) is 9.53. The molecule has 0 bridgehead atoms. The molecule has 7 rings (SSSR count). The number of aromatic nitrogens is 6. The van der Waals surface area contributed by atoms with Gasteiger partial charge in [-0.1, -0.05) is 48.5 Å². The van der Waals surface area contributed by atoms with Gasteiger partial charge in [-0.3, -0.25) is 0 Å². The Morgan fingerprint density at radius 2 is 1.56 bits per heavy atom. The lowest BCUT2D eigenvalue weighted by Gasteiger charge is -2.26. The van der Waals surface area contributed by atoms with E-state index in [1.807, 2.05) is 84.4 Å². The van der Waals surface area contributed by atoms with E-state index in [0.717, 1.165) is 33.8 Å². The molecule has 1 aliphatic heterocycles. The quantitative estimate of drug-likeness (QED) is 0.289. The Morgan fingerprint density at radius 3 is 2.31 bits per heavy atom. The van der Waals surface area contributed by atoms with E-state index in [1.165, 1.54) is 0 Å². The summed E-state index contributed by atoms with van der Waals surface area (Å²) in [5.41, 5.74) is 5.37. The Morgan fingerprint density at radius 1 is 0.846 bits per heavy atom. The first kappa shape index (κ1) is 23.0. The van der Waals surface area contributed by atoms with Crippen LogP contribution in [-0.2, 0) is 6.61 Å². The van der Waals surface area contributed by atoms with E-state index >= 15 is 0 Å². The van der Waals surface area contributed by atoms with E-state index in [0.29, 0.717) is 29.0 Å². The van der Waals surface area contributed by atoms with Crippen LogP contribution in [0.2, 0.25) is 0 Å². The number of nitrogens with zero attached hydrogens (tertiary/aromatic N) is 6. The van der Waals surface area contributed by atoms with Crippen LogP contribution in [-0.4, -0.2) is 36.5 Å². The molecule has 9 heteroatoms. The van der Waals surface area contributed by atoms with Crippen LogP contribution in [0.25, 0.3) is 11.3 Å². The molecule has 1 atom stereocenters. The molecule has 0 amide bonds. The van der Waals surface area contributed by atoms with Gasteiger partial charge in [0.1, 0.15) is 24.4 Å². The highest BCUT2D eigenvalue weighted by atomic mass is 16.5. The van der Waals surface area contributed by atoms with Crippen LogP contribution in [0.15, 0.2) is 91.3 Å². The van der Waals surface area contributed by atoms with Crippen molar-refractivity contribution in [3.05, 3.63) is 119 Å². The molecule has 0 aliphatic carbocycles. The molecular weight excluding hydrogens is 492 g/mol. The smallest absolute Gasteiger partial charge is 0.230 e. The zero-order valence-electron chi connectivity index (χ0n) is 21.4. The topological polar surface area (TPSA) is 88.6 Å². The normalized spacial score (nSPS) is 13.9. The van der Waals surface area contributed by atoms with Gasteiger partial charge in [0.15, 0.2) is 11.5 Å². The fraction of sp³-hybridized carbons (Fsp3) is 0.133. The van der Waals surface area contributed by atoms with Crippen molar-refractivity contribution >= 4 is 5.65 Å². The molecule has 9 nitrogen and oxygen atoms in total. The van der Waals surface area contributed by atoms with Gasteiger partial charge >= 0.3 is 0 Å².